The van der Waals surface area contributed by atoms with Crippen molar-refractivity contribution in [1.82, 2.24) is 0 Å². The molecule has 1 unspecified atom stereocenters. The van der Waals surface area contributed by atoms with E-state index in [0.29, 0.717) is 23.7 Å². The Morgan fingerprint density at radius 3 is 2.14 bits per heavy atom. The van der Waals surface area contributed by atoms with E-state index in [2.05, 4.69) is 5.32 Å². The van der Waals surface area contributed by atoms with Crippen LogP contribution in [-0.4, -0.2) is 10.2 Å². The first-order valence-corrected chi connectivity index (χ1v) is 8.99. The van der Waals surface area contributed by atoms with Gasteiger partial charge in [-0.25, -0.2) is 0 Å². The summed E-state index contributed by atoms with van der Waals surface area (Å²) >= 11 is 12.7. The van der Waals surface area contributed by atoms with E-state index in [1.54, 1.807) is 0 Å². The number of anilines is 1. The van der Waals surface area contributed by atoms with Gasteiger partial charge >= 0.3 is 0 Å². The minimum absolute atomic E-state index is 0.192. The maximum Gasteiger partial charge on any atom is 0.228 e. The van der Waals surface area contributed by atoms with E-state index < -0.39 is 4.33 Å². The topological polar surface area (TPSA) is 29.1 Å². The molecule has 3 saturated carbocycles. The lowest BCUT2D eigenvalue weighted by Gasteiger charge is -2.05. The number of hydrogen-bond donors (Lipinski definition) is 1. The number of carbonyl (C=O) groups is 1. The zero-order chi connectivity index (χ0) is 15.5. The van der Waals surface area contributed by atoms with Gasteiger partial charge in [-0.15, -0.1) is 23.2 Å². The fourth-order valence-electron chi connectivity index (χ4n) is 4.48. The second kappa shape index (κ2) is 5.14. The van der Waals surface area contributed by atoms with Gasteiger partial charge in [0.05, 0.1) is 0 Å². The number of fused-ring (bicyclic) bond motifs is 2. The van der Waals surface area contributed by atoms with E-state index in [0.717, 1.165) is 31.4 Å². The summed E-state index contributed by atoms with van der Waals surface area (Å²) in [4.78, 5) is 12.5. The van der Waals surface area contributed by atoms with Gasteiger partial charge in [-0.2, -0.15) is 0 Å². The van der Waals surface area contributed by atoms with Gasteiger partial charge < -0.3 is 5.32 Å². The fraction of sp³-hybridized carbons (Fsp3) is 0.611. The Morgan fingerprint density at radius 2 is 1.59 bits per heavy atom. The van der Waals surface area contributed by atoms with Crippen molar-refractivity contribution >= 4 is 34.8 Å². The van der Waals surface area contributed by atoms with Crippen molar-refractivity contribution < 1.29 is 4.79 Å². The van der Waals surface area contributed by atoms with Crippen molar-refractivity contribution in [3.05, 3.63) is 29.8 Å². The fourth-order valence-corrected chi connectivity index (χ4v) is 5.39. The number of amides is 1. The van der Waals surface area contributed by atoms with Gasteiger partial charge in [0.1, 0.15) is 4.33 Å². The number of alkyl halides is 2. The molecule has 2 nitrogen and oxygen atoms in total. The molecule has 3 fully saturated rings. The second-order valence-corrected chi connectivity index (χ2v) is 8.70. The molecule has 4 heteroatoms. The number of nitrogens with one attached hydrogen (secondary N) is 1. The van der Waals surface area contributed by atoms with Crippen LogP contribution < -0.4 is 5.32 Å². The summed E-state index contributed by atoms with van der Waals surface area (Å²) in [6, 6.07) is 8.00. The van der Waals surface area contributed by atoms with Gasteiger partial charge in [0.25, 0.3) is 0 Å². The second-order valence-electron chi connectivity index (χ2n) is 7.25. The molecule has 0 bridgehead atoms. The molecule has 3 aliphatic rings. The highest BCUT2D eigenvalue weighted by atomic mass is 35.5. The van der Waals surface area contributed by atoms with E-state index in [1.165, 1.54) is 5.56 Å². The molecular weight excluding hydrogens is 317 g/mol. The van der Waals surface area contributed by atoms with Crippen molar-refractivity contribution in [3.8, 4) is 0 Å². The predicted octanol–water partition coefficient (Wildman–Crippen LogP) is 4.79. The van der Waals surface area contributed by atoms with Gasteiger partial charge in [0, 0.05) is 11.6 Å². The molecule has 0 aliphatic heterocycles. The molecule has 22 heavy (non-hydrogen) atoms. The summed E-state index contributed by atoms with van der Waals surface area (Å²) in [6.07, 6.45) is 4.35. The largest absolute Gasteiger partial charge is 0.326 e. The predicted molar refractivity (Wildman–Crippen MR) is 90.2 cm³/mol. The van der Waals surface area contributed by atoms with Gasteiger partial charge in [0.15, 0.2) is 0 Å². The molecule has 1 amide bonds. The Hall–Kier alpha value is -0.730. The summed E-state index contributed by atoms with van der Waals surface area (Å²) in [5.41, 5.74) is 2.11. The summed E-state index contributed by atoms with van der Waals surface area (Å²) < 4.78 is -0.476. The zero-order valence-electron chi connectivity index (χ0n) is 12.7. The molecule has 1 N–H and O–H groups in total. The first kappa shape index (κ1) is 14.8. The number of benzene rings is 1. The van der Waals surface area contributed by atoms with Crippen LogP contribution in [0.5, 0.6) is 0 Å². The van der Waals surface area contributed by atoms with Crippen LogP contribution in [0, 0.1) is 36.5 Å². The lowest BCUT2D eigenvalue weighted by Crippen LogP contribution is -2.15. The molecule has 1 aromatic rings. The standard InChI is InChI=1S/C18H21Cl2NO/c1-10-2-4-11(5-3-10)21-17(22)16-12-6-8-14-15(18(14,19)20)9-7-13(12)16/h2-5,12-16H,6-9H2,1H3,(H,21,22)/t12-,13+,14+,15-,16?. The molecule has 0 spiro atoms. The van der Waals surface area contributed by atoms with Crippen LogP contribution in [0.1, 0.15) is 31.2 Å². The van der Waals surface area contributed by atoms with Crippen molar-refractivity contribution in [1.29, 1.82) is 0 Å². The van der Waals surface area contributed by atoms with Crippen molar-refractivity contribution in [2.75, 3.05) is 5.32 Å². The first-order chi connectivity index (χ1) is 10.5. The third-order valence-electron chi connectivity index (χ3n) is 5.94. The number of carbonyl (C=O) groups excluding carboxylic acids is 1. The van der Waals surface area contributed by atoms with E-state index in [-0.39, 0.29) is 11.8 Å². The Balaban J connectivity index is 1.37. The molecule has 5 atom stereocenters. The molecular formula is C18H21Cl2NO. The van der Waals surface area contributed by atoms with Gasteiger partial charge in [0.2, 0.25) is 5.91 Å². The van der Waals surface area contributed by atoms with Gasteiger partial charge in [-0.05, 0) is 68.4 Å². The summed E-state index contributed by atoms with van der Waals surface area (Å²) in [5, 5.41) is 3.08. The van der Waals surface area contributed by atoms with Crippen LogP contribution in [0.4, 0.5) is 5.69 Å². The van der Waals surface area contributed by atoms with Crippen molar-refractivity contribution in [3.63, 3.8) is 0 Å². The third kappa shape index (κ3) is 2.45. The highest BCUT2D eigenvalue weighted by Crippen LogP contribution is 2.67. The number of rotatable bonds is 2. The van der Waals surface area contributed by atoms with E-state index in [9.17, 15) is 4.79 Å². The lowest BCUT2D eigenvalue weighted by molar-refractivity contribution is -0.117. The zero-order valence-corrected chi connectivity index (χ0v) is 14.2. The maximum absolute atomic E-state index is 12.5. The number of hydrogen-bond acceptors (Lipinski definition) is 1. The SMILES string of the molecule is Cc1ccc(NC(=O)C2[C@H]3CC[C@@H]4[C@H](CC[C@@H]23)C4(Cl)Cl)cc1. The Kier molecular flexibility index (Phi) is 3.47. The molecule has 1 aromatic carbocycles. The Labute approximate surface area is 141 Å². The van der Waals surface area contributed by atoms with Crippen LogP contribution in [0.15, 0.2) is 24.3 Å². The van der Waals surface area contributed by atoms with Crippen LogP contribution in [0.3, 0.4) is 0 Å². The smallest absolute Gasteiger partial charge is 0.228 e. The maximum atomic E-state index is 12.5. The molecule has 3 aliphatic carbocycles. The van der Waals surface area contributed by atoms with Crippen LogP contribution in [0.25, 0.3) is 0 Å². The third-order valence-corrected chi connectivity index (χ3v) is 7.06. The molecule has 0 aromatic heterocycles. The van der Waals surface area contributed by atoms with E-state index in [1.807, 2.05) is 31.2 Å². The average molecular weight is 338 g/mol. The Morgan fingerprint density at radius 1 is 1.05 bits per heavy atom. The van der Waals surface area contributed by atoms with E-state index in [4.69, 9.17) is 23.2 Å². The molecule has 0 saturated heterocycles. The van der Waals surface area contributed by atoms with Crippen molar-refractivity contribution in [2.45, 2.75) is 36.9 Å². The molecule has 118 valence electrons. The molecule has 4 rings (SSSR count). The summed E-state index contributed by atoms with van der Waals surface area (Å²) in [5.74, 6) is 2.37. The lowest BCUT2D eigenvalue weighted by atomic mass is 10.0. The van der Waals surface area contributed by atoms with Gasteiger partial charge in [-0.3, -0.25) is 4.79 Å². The summed E-state index contributed by atoms with van der Waals surface area (Å²) in [6.45, 7) is 2.05. The minimum atomic E-state index is -0.476. The van der Waals surface area contributed by atoms with E-state index >= 15 is 0 Å². The quantitative estimate of drug-likeness (QED) is 0.772. The molecule has 0 radical (unpaired) electrons. The Bertz CT molecular complexity index is 576. The number of halogens is 2. The normalized spacial score (nSPS) is 38.0. The van der Waals surface area contributed by atoms with Crippen LogP contribution in [-0.2, 0) is 4.79 Å². The van der Waals surface area contributed by atoms with Crippen LogP contribution in [0.2, 0.25) is 0 Å². The van der Waals surface area contributed by atoms with Gasteiger partial charge in [-0.1, -0.05) is 17.7 Å². The van der Waals surface area contributed by atoms with Crippen molar-refractivity contribution in [2.24, 2.45) is 29.6 Å². The monoisotopic (exact) mass is 337 g/mol. The highest BCUT2D eigenvalue weighted by Gasteiger charge is 2.65. The minimum Gasteiger partial charge on any atom is -0.326 e. The highest BCUT2D eigenvalue weighted by molar-refractivity contribution is 6.51. The first-order valence-electron chi connectivity index (χ1n) is 8.24. The summed E-state index contributed by atoms with van der Waals surface area (Å²) in [7, 11) is 0. The molecule has 0 heterocycles. The van der Waals surface area contributed by atoms with Crippen LogP contribution >= 0.6 is 23.2 Å². The number of aryl methyl sites for hydroxylation is 1. The average Bonchev–Trinajstić information content (AvgIpc) is 3.26.